The molecule has 1 N–H and O–H groups in total. The van der Waals surface area contributed by atoms with Gasteiger partial charge in [0.25, 0.3) is 0 Å². The predicted molar refractivity (Wildman–Crippen MR) is 68.5 cm³/mol. The Morgan fingerprint density at radius 2 is 1.84 bits per heavy atom. The van der Waals surface area contributed by atoms with Crippen molar-refractivity contribution in [3.8, 4) is 0 Å². The minimum Gasteiger partial charge on any atom is -0.388 e. The van der Waals surface area contributed by atoms with Gasteiger partial charge in [-0.25, -0.2) is 4.39 Å². The summed E-state index contributed by atoms with van der Waals surface area (Å²) >= 11 is 1.46. The van der Waals surface area contributed by atoms with Gasteiger partial charge >= 0.3 is 6.18 Å². The monoisotopic (exact) mass is 296 g/mol. The summed E-state index contributed by atoms with van der Waals surface area (Å²) in [6, 6.07) is 2.61. The molecule has 0 aliphatic heterocycles. The summed E-state index contributed by atoms with van der Waals surface area (Å²) in [6.45, 7) is 4.03. The Kier molecular flexibility index (Phi) is 5.67. The van der Waals surface area contributed by atoms with Crippen LogP contribution in [0.5, 0.6) is 0 Å². The van der Waals surface area contributed by atoms with Crippen LogP contribution in [0.25, 0.3) is 0 Å². The van der Waals surface area contributed by atoms with Crippen molar-refractivity contribution < 1.29 is 22.7 Å². The zero-order valence-corrected chi connectivity index (χ0v) is 11.5. The molecule has 1 unspecified atom stereocenters. The van der Waals surface area contributed by atoms with Gasteiger partial charge in [-0.05, 0) is 29.4 Å². The highest BCUT2D eigenvalue weighted by Crippen LogP contribution is 2.33. The molecule has 0 spiro atoms. The second-order valence-corrected chi connectivity index (χ2v) is 5.76. The third kappa shape index (κ3) is 5.03. The minimum atomic E-state index is -4.75. The highest BCUT2D eigenvalue weighted by molar-refractivity contribution is 7.99. The number of aliphatic hydroxyl groups is 1. The van der Waals surface area contributed by atoms with Crippen LogP contribution in [0.1, 0.15) is 31.1 Å². The third-order valence-electron chi connectivity index (χ3n) is 2.41. The van der Waals surface area contributed by atoms with Crippen molar-refractivity contribution in [2.24, 2.45) is 5.92 Å². The molecule has 108 valence electrons. The fraction of sp³-hybridized carbons (Fsp3) is 0.538. The molecule has 0 aliphatic rings. The minimum absolute atomic E-state index is 0.0879. The van der Waals surface area contributed by atoms with Crippen LogP contribution in [0.4, 0.5) is 17.6 Å². The van der Waals surface area contributed by atoms with Crippen molar-refractivity contribution in [1.82, 2.24) is 0 Å². The first-order chi connectivity index (χ1) is 8.71. The van der Waals surface area contributed by atoms with E-state index in [0.29, 0.717) is 17.7 Å². The smallest absolute Gasteiger partial charge is 0.388 e. The molecule has 0 aliphatic carbocycles. The largest absolute Gasteiger partial charge is 0.419 e. The van der Waals surface area contributed by atoms with E-state index in [0.717, 1.165) is 11.8 Å². The Hall–Kier alpha value is -0.750. The van der Waals surface area contributed by atoms with Crippen molar-refractivity contribution >= 4 is 11.8 Å². The molecule has 0 heterocycles. The standard InChI is InChI=1S/C13H16F4OS/c1-8(2)6-19-7-12(18)9-3-4-11(14)10(5-9)13(15,16)17/h3-5,8,12,18H,6-7H2,1-2H3. The van der Waals surface area contributed by atoms with E-state index in [-0.39, 0.29) is 5.56 Å². The molecular formula is C13H16F4OS. The number of aliphatic hydroxyl groups excluding tert-OH is 1. The summed E-state index contributed by atoms with van der Waals surface area (Å²) in [5, 5.41) is 9.80. The van der Waals surface area contributed by atoms with Gasteiger partial charge in [-0.3, -0.25) is 0 Å². The van der Waals surface area contributed by atoms with Crippen LogP contribution < -0.4 is 0 Å². The Balaban J connectivity index is 2.78. The number of rotatable bonds is 5. The summed E-state index contributed by atoms with van der Waals surface area (Å²) in [6.07, 6.45) is -5.77. The first kappa shape index (κ1) is 16.3. The van der Waals surface area contributed by atoms with E-state index < -0.39 is 23.7 Å². The van der Waals surface area contributed by atoms with Crippen LogP contribution in [0, 0.1) is 11.7 Å². The van der Waals surface area contributed by atoms with Gasteiger partial charge < -0.3 is 5.11 Å². The molecule has 0 radical (unpaired) electrons. The second-order valence-electron chi connectivity index (χ2n) is 4.68. The van der Waals surface area contributed by atoms with Gasteiger partial charge in [-0.1, -0.05) is 19.9 Å². The van der Waals surface area contributed by atoms with Gasteiger partial charge in [0.1, 0.15) is 5.82 Å². The lowest BCUT2D eigenvalue weighted by Crippen LogP contribution is -2.11. The Morgan fingerprint density at radius 3 is 2.37 bits per heavy atom. The lowest BCUT2D eigenvalue weighted by Gasteiger charge is -2.14. The fourth-order valence-corrected chi connectivity index (χ4v) is 2.50. The van der Waals surface area contributed by atoms with Gasteiger partial charge in [-0.15, -0.1) is 0 Å². The predicted octanol–water partition coefficient (Wildman–Crippen LogP) is 4.27. The summed E-state index contributed by atoms with van der Waals surface area (Å²) < 4.78 is 50.6. The molecule has 6 heteroatoms. The first-order valence-corrected chi connectivity index (χ1v) is 6.99. The van der Waals surface area contributed by atoms with E-state index in [4.69, 9.17) is 0 Å². The van der Waals surface area contributed by atoms with Gasteiger partial charge in [0, 0.05) is 5.75 Å². The number of thioether (sulfide) groups is 1. The molecule has 0 bridgehead atoms. The van der Waals surface area contributed by atoms with E-state index in [1.165, 1.54) is 17.8 Å². The normalized spacial score (nSPS) is 13.9. The molecule has 1 rings (SSSR count). The zero-order valence-electron chi connectivity index (χ0n) is 10.7. The molecule has 1 aromatic rings. The van der Waals surface area contributed by atoms with Crippen LogP contribution in [0.3, 0.4) is 0 Å². The van der Waals surface area contributed by atoms with Crippen LogP contribution >= 0.6 is 11.8 Å². The Morgan fingerprint density at radius 1 is 1.21 bits per heavy atom. The summed E-state index contributed by atoms with van der Waals surface area (Å²) in [5.41, 5.74) is -1.25. The van der Waals surface area contributed by atoms with E-state index >= 15 is 0 Å². The van der Waals surface area contributed by atoms with Gasteiger partial charge in [0.15, 0.2) is 0 Å². The molecule has 1 nitrogen and oxygen atoms in total. The molecule has 0 fully saturated rings. The Bertz CT molecular complexity index is 418. The summed E-state index contributed by atoms with van der Waals surface area (Å²) in [5.74, 6) is 0.223. The molecule has 0 aromatic heterocycles. The van der Waals surface area contributed by atoms with E-state index in [2.05, 4.69) is 0 Å². The van der Waals surface area contributed by atoms with Gasteiger partial charge in [0.05, 0.1) is 11.7 Å². The molecule has 0 amide bonds. The summed E-state index contributed by atoms with van der Waals surface area (Å²) in [7, 11) is 0. The zero-order chi connectivity index (χ0) is 14.6. The van der Waals surface area contributed by atoms with Crippen LogP contribution in [0.2, 0.25) is 0 Å². The lowest BCUT2D eigenvalue weighted by molar-refractivity contribution is -0.140. The molecular weight excluding hydrogens is 280 g/mol. The fourth-order valence-electron chi connectivity index (χ4n) is 1.48. The number of halogens is 4. The van der Waals surface area contributed by atoms with Crippen LogP contribution in [-0.2, 0) is 6.18 Å². The van der Waals surface area contributed by atoms with Gasteiger partial charge in [-0.2, -0.15) is 24.9 Å². The van der Waals surface area contributed by atoms with Gasteiger partial charge in [0.2, 0.25) is 0 Å². The van der Waals surface area contributed by atoms with E-state index in [9.17, 15) is 22.7 Å². The SMILES string of the molecule is CC(C)CSCC(O)c1ccc(F)c(C(F)(F)F)c1. The maximum Gasteiger partial charge on any atom is 0.419 e. The number of alkyl halides is 3. The van der Waals surface area contributed by atoms with Crippen molar-refractivity contribution in [3.63, 3.8) is 0 Å². The average molecular weight is 296 g/mol. The lowest BCUT2D eigenvalue weighted by atomic mass is 10.1. The summed E-state index contributed by atoms with van der Waals surface area (Å²) in [4.78, 5) is 0. The van der Waals surface area contributed by atoms with Crippen molar-refractivity contribution in [1.29, 1.82) is 0 Å². The second kappa shape index (κ2) is 6.61. The molecule has 1 atom stereocenters. The van der Waals surface area contributed by atoms with E-state index in [1.54, 1.807) is 0 Å². The maximum atomic E-state index is 13.1. The van der Waals surface area contributed by atoms with Crippen molar-refractivity contribution in [2.75, 3.05) is 11.5 Å². The topological polar surface area (TPSA) is 20.2 Å². The van der Waals surface area contributed by atoms with Crippen LogP contribution in [0.15, 0.2) is 18.2 Å². The third-order valence-corrected chi connectivity index (χ3v) is 3.86. The van der Waals surface area contributed by atoms with Crippen molar-refractivity contribution in [3.05, 3.63) is 35.1 Å². The maximum absolute atomic E-state index is 13.1. The molecule has 19 heavy (non-hydrogen) atoms. The molecule has 1 aromatic carbocycles. The number of benzene rings is 1. The molecule has 0 saturated heterocycles. The quantitative estimate of drug-likeness (QED) is 0.819. The highest BCUT2D eigenvalue weighted by Gasteiger charge is 2.34. The average Bonchev–Trinajstić information content (AvgIpc) is 2.27. The first-order valence-electron chi connectivity index (χ1n) is 5.84. The van der Waals surface area contributed by atoms with Crippen LogP contribution in [-0.4, -0.2) is 16.6 Å². The highest BCUT2D eigenvalue weighted by atomic mass is 32.2. The van der Waals surface area contributed by atoms with Crippen molar-refractivity contribution in [2.45, 2.75) is 26.1 Å². The number of hydrogen-bond acceptors (Lipinski definition) is 2. The molecule has 0 saturated carbocycles. The van der Waals surface area contributed by atoms with E-state index in [1.807, 2.05) is 13.8 Å². The number of hydrogen-bond donors (Lipinski definition) is 1. The Labute approximate surface area is 114 Å².